The number of urea groups is 1. The van der Waals surface area contributed by atoms with Crippen LogP contribution >= 0.6 is 0 Å². The lowest BCUT2D eigenvalue weighted by Crippen LogP contribution is -2.48. The minimum absolute atomic E-state index is 0.0671. The quantitative estimate of drug-likeness (QED) is 0.724. The van der Waals surface area contributed by atoms with Gasteiger partial charge in [0, 0.05) is 13.7 Å². The molecule has 20 heavy (non-hydrogen) atoms. The molecule has 8 heteroatoms. The summed E-state index contributed by atoms with van der Waals surface area (Å²) in [5, 5.41) is 13.3. The van der Waals surface area contributed by atoms with E-state index in [-0.39, 0.29) is 13.2 Å². The minimum atomic E-state index is -1.24. The fourth-order valence-corrected chi connectivity index (χ4v) is 1.38. The van der Waals surface area contributed by atoms with Crippen LogP contribution in [0.25, 0.3) is 0 Å². The molecular weight excluding hydrogens is 274 g/mol. The number of aliphatic carboxylic acids is 1. The van der Waals surface area contributed by atoms with Crippen molar-refractivity contribution in [2.24, 2.45) is 0 Å². The molecule has 0 fully saturated rings. The maximum Gasteiger partial charge on any atom is 0.328 e. The summed E-state index contributed by atoms with van der Waals surface area (Å²) < 4.78 is 30.3. The lowest BCUT2D eigenvalue weighted by atomic mass is 10.2. The predicted molar refractivity (Wildman–Crippen MR) is 65.0 cm³/mol. The second-order valence-corrected chi connectivity index (χ2v) is 3.92. The van der Waals surface area contributed by atoms with Crippen molar-refractivity contribution in [2.75, 3.05) is 13.7 Å². The Morgan fingerprint density at radius 1 is 1.35 bits per heavy atom. The Balaban J connectivity index is 2.50. The number of carbonyl (C=O) groups is 2. The molecule has 1 atom stereocenters. The number of hydrogen-bond donors (Lipinski definition) is 3. The first-order chi connectivity index (χ1) is 9.43. The molecule has 0 radical (unpaired) electrons. The monoisotopic (exact) mass is 288 g/mol. The Hall–Kier alpha value is -2.22. The Morgan fingerprint density at radius 2 is 2.05 bits per heavy atom. The number of ether oxygens (including phenoxy) is 1. The normalized spacial score (nSPS) is 11.8. The number of amides is 2. The Bertz CT molecular complexity index is 496. The van der Waals surface area contributed by atoms with Gasteiger partial charge < -0.3 is 20.5 Å². The van der Waals surface area contributed by atoms with Crippen LogP contribution in [0.2, 0.25) is 0 Å². The van der Waals surface area contributed by atoms with Crippen molar-refractivity contribution in [3.8, 4) is 0 Å². The van der Waals surface area contributed by atoms with Gasteiger partial charge in [-0.05, 0) is 17.7 Å². The molecule has 1 aromatic rings. The number of nitrogens with one attached hydrogen (secondary N) is 2. The largest absolute Gasteiger partial charge is 0.480 e. The molecule has 110 valence electrons. The average Bonchev–Trinajstić information content (AvgIpc) is 2.39. The number of methoxy groups -OCH3 is 1. The number of halogens is 2. The summed E-state index contributed by atoms with van der Waals surface area (Å²) in [6.45, 7) is -0.254. The zero-order valence-corrected chi connectivity index (χ0v) is 10.7. The van der Waals surface area contributed by atoms with Crippen LogP contribution < -0.4 is 10.6 Å². The highest BCUT2D eigenvalue weighted by Crippen LogP contribution is 2.08. The molecule has 2 amide bonds. The highest BCUT2D eigenvalue weighted by Gasteiger charge is 2.19. The summed E-state index contributed by atoms with van der Waals surface area (Å²) in [4.78, 5) is 22.2. The van der Waals surface area contributed by atoms with Gasteiger partial charge >= 0.3 is 12.0 Å². The van der Waals surface area contributed by atoms with Crippen molar-refractivity contribution in [3.63, 3.8) is 0 Å². The van der Waals surface area contributed by atoms with Gasteiger partial charge in [0.2, 0.25) is 0 Å². The fraction of sp³-hybridized carbons (Fsp3) is 0.333. The smallest absolute Gasteiger partial charge is 0.328 e. The molecule has 0 aliphatic heterocycles. The van der Waals surface area contributed by atoms with Gasteiger partial charge in [-0.15, -0.1) is 0 Å². The van der Waals surface area contributed by atoms with Crippen LogP contribution in [0.3, 0.4) is 0 Å². The molecule has 1 aromatic carbocycles. The van der Waals surface area contributed by atoms with E-state index in [1.165, 1.54) is 13.2 Å². The summed E-state index contributed by atoms with van der Waals surface area (Å²) in [5.41, 5.74) is 0.345. The second kappa shape index (κ2) is 7.39. The molecule has 0 bridgehead atoms. The van der Waals surface area contributed by atoms with Gasteiger partial charge in [-0.1, -0.05) is 6.07 Å². The molecule has 0 aromatic heterocycles. The van der Waals surface area contributed by atoms with Crippen molar-refractivity contribution in [1.29, 1.82) is 0 Å². The number of hydrogen-bond acceptors (Lipinski definition) is 3. The molecule has 0 spiro atoms. The van der Waals surface area contributed by atoms with E-state index in [1.54, 1.807) is 0 Å². The first-order valence-electron chi connectivity index (χ1n) is 5.64. The van der Waals surface area contributed by atoms with E-state index in [1.807, 2.05) is 0 Å². The van der Waals surface area contributed by atoms with Crippen molar-refractivity contribution >= 4 is 12.0 Å². The van der Waals surface area contributed by atoms with Crippen LogP contribution in [0.1, 0.15) is 5.56 Å². The van der Waals surface area contributed by atoms with E-state index in [0.717, 1.165) is 12.1 Å². The average molecular weight is 288 g/mol. The maximum absolute atomic E-state index is 12.9. The maximum atomic E-state index is 12.9. The third-order valence-electron chi connectivity index (χ3n) is 2.37. The third kappa shape index (κ3) is 4.81. The molecular formula is C12H14F2N2O4. The van der Waals surface area contributed by atoms with Crippen molar-refractivity contribution < 1.29 is 28.2 Å². The lowest BCUT2D eigenvalue weighted by molar-refractivity contribution is -0.140. The number of carbonyl (C=O) groups excluding carboxylic acids is 1. The van der Waals surface area contributed by atoms with E-state index in [4.69, 9.17) is 5.11 Å². The van der Waals surface area contributed by atoms with Crippen LogP contribution in [0.5, 0.6) is 0 Å². The van der Waals surface area contributed by atoms with Gasteiger partial charge in [0.05, 0.1) is 6.61 Å². The van der Waals surface area contributed by atoms with E-state index < -0.39 is 29.7 Å². The van der Waals surface area contributed by atoms with Gasteiger partial charge in [-0.2, -0.15) is 0 Å². The van der Waals surface area contributed by atoms with Crippen molar-refractivity contribution in [3.05, 3.63) is 35.4 Å². The van der Waals surface area contributed by atoms with E-state index in [2.05, 4.69) is 15.4 Å². The summed E-state index contributed by atoms with van der Waals surface area (Å²) in [6, 6.07) is 1.25. The highest BCUT2D eigenvalue weighted by molar-refractivity contribution is 5.82. The molecule has 6 nitrogen and oxygen atoms in total. The summed E-state index contributed by atoms with van der Waals surface area (Å²) in [6.07, 6.45) is 0. The number of benzene rings is 1. The number of rotatable bonds is 6. The van der Waals surface area contributed by atoms with Crippen LogP contribution in [0.15, 0.2) is 18.2 Å². The van der Waals surface area contributed by atoms with Crippen molar-refractivity contribution in [2.45, 2.75) is 12.6 Å². The molecule has 0 aliphatic rings. The van der Waals surface area contributed by atoms with Crippen LogP contribution in [0, 0.1) is 11.6 Å². The van der Waals surface area contributed by atoms with E-state index in [0.29, 0.717) is 5.56 Å². The van der Waals surface area contributed by atoms with Gasteiger partial charge in [-0.3, -0.25) is 0 Å². The van der Waals surface area contributed by atoms with E-state index >= 15 is 0 Å². The second-order valence-electron chi connectivity index (χ2n) is 3.92. The topological polar surface area (TPSA) is 87.7 Å². The Morgan fingerprint density at radius 3 is 2.60 bits per heavy atom. The Labute approximate surface area is 113 Å². The predicted octanol–water partition coefficient (Wildman–Crippen LogP) is 0.864. The van der Waals surface area contributed by atoms with Gasteiger partial charge in [-0.25, -0.2) is 18.4 Å². The van der Waals surface area contributed by atoms with Gasteiger partial charge in [0.25, 0.3) is 0 Å². The van der Waals surface area contributed by atoms with Crippen LogP contribution in [-0.4, -0.2) is 36.9 Å². The minimum Gasteiger partial charge on any atom is -0.480 e. The highest BCUT2D eigenvalue weighted by atomic mass is 19.2. The summed E-state index contributed by atoms with van der Waals surface area (Å²) in [5.74, 6) is -3.24. The first-order valence-corrected chi connectivity index (χ1v) is 5.64. The number of carboxylic acids is 1. The first kappa shape index (κ1) is 15.8. The van der Waals surface area contributed by atoms with E-state index in [9.17, 15) is 18.4 Å². The zero-order chi connectivity index (χ0) is 15.1. The number of carboxylic acid groups (broad SMARTS) is 1. The Kier molecular flexibility index (Phi) is 5.85. The van der Waals surface area contributed by atoms with Crippen LogP contribution in [0.4, 0.5) is 13.6 Å². The zero-order valence-electron chi connectivity index (χ0n) is 10.7. The van der Waals surface area contributed by atoms with Gasteiger partial charge in [0.15, 0.2) is 17.7 Å². The molecule has 1 unspecified atom stereocenters. The van der Waals surface area contributed by atoms with Gasteiger partial charge in [0.1, 0.15) is 0 Å². The molecule has 0 saturated heterocycles. The lowest BCUT2D eigenvalue weighted by Gasteiger charge is -2.14. The molecule has 1 rings (SSSR count). The molecule has 0 aliphatic carbocycles. The fourth-order valence-electron chi connectivity index (χ4n) is 1.38. The third-order valence-corrected chi connectivity index (χ3v) is 2.37. The molecule has 0 heterocycles. The molecule has 3 N–H and O–H groups in total. The molecule has 0 saturated carbocycles. The summed E-state index contributed by atoms with van der Waals surface area (Å²) in [7, 11) is 1.30. The van der Waals surface area contributed by atoms with Crippen molar-refractivity contribution in [1.82, 2.24) is 10.6 Å². The SMILES string of the molecule is COCC(NC(=O)NCc1ccc(F)c(F)c1)C(=O)O. The standard InChI is InChI=1S/C12H14F2N2O4/c1-20-6-10(11(17)18)16-12(19)15-5-7-2-3-8(13)9(14)4-7/h2-4,10H,5-6H2,1H3,(H,17,18)(H2,15,16,19). The summed E-state index contributed by atoms with van der Waals surface area (Å²) >= 11 is 0. The van der Waals surface area contributed by atoms with Crippen LogP contribution in [-0.2, 0) is 16.1 Å².